The van der Waals surface area contributed by atoms with Gasteiger partial charge in [0.25, 0.3) is 0 Å². The first-order chi connectivity index (χ1) is 6.95. The lowest BCUT2D eigenvalue weighted by Gasteiger charge is -2.24. The maximum absolute atomic E-state index is 5.64. The summed E-state index contributed by atoms with van der Waals surface area (Å²) in [4.78, 5) is 0. The second-order valence-electron chi connectivity index (χ2n) is 3.48. The first-order valence-corrected chi connectivity index (χ1v) is 5.07. The zero-order valence-corrected chi connectivity index (χ0v) is 10.7. The van der Waals surface area contributed by atoms with E-state index in [1.54, 1.807) is 0 Å². The molecule has 0 aliphatic carbocycles. The molecule has 0 amide bonds. The van der Waals surface area contributed by atoms with E-state index in [2.05, 4.69) is 10.6 Å². The largest absolute Gasteiger partial charge is 0.492 e. The summed E-state index contributed by atoms with van der Waals surface area (Å²) in [6.45, 7) is 3.81. The average Bonchev–Trinajstić information content (AvgIpc) is 2.29. The van der Waals surface area contributed by atoms with Crippen molar-refractivity contribution in [2.75, 3.05) is 26.2 Å². The zero-order valence-electron chi connectivity index (χ0n) is 9.02. The smallest absolute Gasteiger partial charge is 0.119 e. The Hall–Kier alpha value is -0.480. The van der Waals surface area contributed by atoms with Gasteiger partial charge in [0.15, 0.2) is 0 Å². The van der Waals surface area contributed by atoms with Gasteiger partial charge < -0.3 is 15.4 Å². The number of piperazine rings is 1. The molecule has 1 atom stereocenters. The highest BCUT2D eigenvalue weighted by Crippen LogP contribution is 2.08. The summed E-state index contributed by atoms with van der Waals surface area (Å²) in [6.07, 6.45) is 0. The maximum atomic E-state index is 5.64. The molecule has 1 aliphatic heterocycles. The van der Waals surface area contributed by atoms with E-state index in [0.717, 1.165) is 32.0 Å². The van der Waals surface area contributed by atoms with Crippen LogP contribution in [0.25, 0.3) is 0 Å². The van der Waals surface area contributed by atoms with E-state index in [-0.39, 0.29) is 24.8 Å². The third-order valence-corrected chi connectivity index (χ3v) is 2.32. The van der Waals surface area contributed by atoms with Crippen molar-refractivity contribution < 1.29 is 4.74 Å². The minimum atomic E-state index is 0. The minimum Gasteiger partial charge on any atom is -0.492 e. The molecular weight excluding hydrogens is 247 g/mol. The van der Waals surface area contributed by atoms with E-state index < -0.39 is 0 Å². The van der Waals surface area contributed by atoms with Gasteiger partial charge in [-0.15, -0.1) is 24.8 Å². The van der Waals surface area contributed by atoms with Crippen LogP contribution in [0.4, 0.5) is 0 Å². The van der Waals surface area contributed by atoms with Crippen LogP contribution in [-0.4, -0.2) is 32.3 Å². The Kier molecular flexibility index (Phi) is 8.39. The molecule has 5 heteroatoms. The number of nitrogens with one attached hydrogen (secondary N) is 2. The summed E-state index contributed by atoms with van der Waals surface area (Å²) in [5, 5.41) is 6.73. The van der Waals surface area contributed by atoms with Gasteiger partial charge in [-0.25, -0.2) is 0 Å². The third kappa shape index (κ3) is 5.03. The lowest BCUT2D eigenvalue weighted by molar-refractivity contribution is 0.247. The Bertz CT molecular complexity index is 266. The second kappa shape index (κ2) is 8.65. The average molecular weight is 265 g/mol. The van der Waals surface area contributed by atoms with Crippen LogP contribution in [0.2, 0.25) is 0 Å². The predicted octanol–water partition coefficient (Wildman–Crippen LogP) is 1.47. The highest BCUT2D eigenvalue weighted by atomic mass is 35.5. The maximum Gasteiger partial charge on any atom is 0.119 e. The van der Waals surface area contributed by atoms with Gasteiger partial charge in [0.1, 0.15) is 12.4 Å². The Morgan fingerprint density at radius 2 is 1.88 bits per heavy atom. The zero-order chi connectivity index (χ0) is 9.64. The predicted molar refractivity (Wildman–Crippen MR) is 71.1 cm³/mol. The first kappa shape index (κ1) is 15.5. The van der Waals surface area contributed by atoms with E-state index in [0.29, 0.717) is 6.04 Å². The van der Waals surface area contributed by atoms with Gasteiger partial charge in [-0.1, -0.05) is 18.2 Å². The van der Waals surface area contributed by atoms with Gasteiger partial charge in [0.05, 0.1) is 6.04 Å². The molecule has 1 aromatic carbocycles. The number of benzene rings is 1. The van der Waals surface area contributed by atoms with Gasteiger partial charge >= 0.3 is 0 Å². The lowest BCUT2D eigenvalue weighted by atomic mass is 10.2. The number of rotatable bonds is 3. The van der Waals surface area contributed by atoms with Crippen LogP contribution in [-0.2, 0) is 0 Å². The first-order valence-electron chi connectivity index (χ1n) is 5.07. The van der Waals surface area contributed by atoms with Crippen molar-refractivity contribution in [3.63, 3.8) is 0 Å². The number of ether oxygens (including phenoxy) is 1. The molecule has 0 bridgehead atoms. The van der Waals surface area contributed by atoms with Crippen LogP contribution >= 0.6 is 24.8 Å². The highest BCUT2D eigenvalue weighted by Gasteiger charge is 2.11. The molecule has 1 fully saturated rings. The molecule has 1 saturated heterocycles. The summed E-state index contributed by atoms with van der Waals surface area (Å²) >= 11 is 0. The minimum absolute atomic E-state index is 0. The van der Waals surface area contributed by atoms with Crippen molar-refractivity contribution >= 4 is 24.8 Å². The van der Waals surface area contributed by atoms with E-state index >= 15 is 0 Å². The Morgan fingerprint density at radius 3 is 2.50 bits per heavy atom. The Morgan fingerprint density at radius 1 is 1.12 bits per heavy atom. The molecule has 16 heavy (non-hydrogen) atoms. The number of hydrogen-bond acceptors (Lipinski definition) is 3. The molecule has 0 aromatic heterocycles. The molecule has 2 N–H and O–H groups in total. The molecule has 1 aromatic rings. The van der Waals surface area contributed by atoms with Gasteiger partial charge in [-0.3, -0.25) is 0 Å². The van der Waals surface area contributed by atoms with E-state index in [4.69, 9.17) is 4.74 Å². The molecule has 92 valence electrons. The van der Waals surface area contributed by atoms with Crippen LogP contribution in [0.1, 0.15) is 0 Å². The molecular formula is C11H18Cl2N2O. The van der Waals surface area contributed by atoms with Crippen LogP contribution in [0, 0.1) is 0 Å². The van der Waals surface area contributed by atoms with Crippen LogP contribution in [0.15, 0.2) is 30.3 Å². The van der Waals surface area contributed by atoms with E-state index in [1.807, 2.05) is 30.3 Å². The lowest BCUT2D eigenvalue weighted by Crippen LogP contribution is -2.50. The summed E-state index contributed by atoms with van der Waals surface area (Å²) in [7, 11) is 0. The van der Waals surface area contributed by atoms with Crippen molar-refractivity contribution in [1.29, 1.82) is 0 Å². The van der Waals surface area contributed by atoms with Gasteiger partial charge in [-0.2, -0.15) is 0 Å². The Labute approximate surface area is 109 Å². The van der Waals surface area contributed by atoms with Crippen molar-refractivity contribution in [3.05, 3.63) is 30.3 Å². The third-order valence-electron chi connectivity index (χ3n) is 2.32. The number of para-hydroxylation sites is 1. The SMILES string of the molecule is Cl.Cl.c1ccc(OCC2CNCCN2)cc1. The second-order valence-corrected chi connectivity index (χ2v) is 3.48. The topological polar surface area (TPSA) is 33.3 Å². The molecule has 0 radical (unpaired) electrons. The summed E-state index contributed by atoms with van der Waals surface area (Å²) in [5.41, 5.74) is 0. The molecule has 1 heterocycles. The van der Waals surface area contributed by atoms with Crippen molar-refractivity contribution in [3.8, 4) is 5.75 Å². The fourth-order valence-electron chi connectivity index (χ4n) is 1.54. The summed E-state index contributed by atoms with van der Waals surface area (Å²) in [6, 6.07) is 10.4. The normalized spacial score (nSPS) is 19.1. The summed E-state index contributed by atoms with van der Waals surface area (Å²) in [5.74, 6) is 0.944. The molecule has 2 rings (SSSR count). The van der Waals surface area contributed by atoms with Crippen LogP contribution in [0.5, 0.6) is 5.75 Å². The molecule has 1 aliphatic rings. The van der Waals surface area contributed by atoms with E-state index in [1.165, 1.54) is 0 Å². The number of halogens is 2. The highest BCUT2D eigenvalue weighted by molar-refractivity contribution is 5.85. The van der Waals surface area contributed by atoms with Crippen molar-refractivity contribution in [1.82, 2.24) is 10.6 Å². The Balaban J connectivity index is 0.00000112. The van der Waals surface area contributed by atoms with Gasteiger partial charge in [0, 0.05) is 19.6 Å². The van der Waals surface area contributed by atoms with E-state index in [9.17, 15) is 0 Å². The standard InChI is InChI=1S/C11H16N2O.2ClH/c1-2-4-11(5-3-1)14-9-10-8-12-6-7-13-10;;/h1-5,10,12-13H,6-9H2;2*1H. The van der Waals surface area contributed by atoms with Gasteiger partial charge in [0.2, 0.25) is 0 Å². The fourth-order valence-corrected chi connectivity index (χ4v) is 1.54. The molecule has 1 unspecified atom stereocenters. The van der Waals surface area contributed by atoms with Crippen molar-refractivity contribution in [2.45, 2.75) is 6.04 Å². The van der Waals surface area contributed by atoms with Crippen LogP contribution in [0.3, 0.4) is 0 Å². The molecule has 0 saturated carbocycles. The number of hydrogen-bond donors (Lipinski definition) is 2. The molecule has 0 spiro atoms. The quantitative estimate of drug-likeness (QED) is 0.868. The summed E-state index contributed by atoms with van der Waals surface area (Å²) < 4.78 is 5.64. The van der Waals surface area contributed by atoms with Crippen LogP contribution < -0.4 is 15.4 Å². The molecule has 3 nitrogen and oxygen atoms in total. The monoisotopic (exact) mass is 264 g/mol. The fraction of sp³-hybridized carbons (Fsp3) is 0.455. The van der Waals surface area contributed by atoms with Crippen molar-refractivity contribution in [2.24, 2.45) is 0 Å². The van der Waals surface area contributed by atoms with Gasteiger partial charge in [-0.05, 0) is 12.1 Å².